The quantitative estimate of drug-likeness (QED) is 0.880. The summed E-state index contributed by atoms with van der Waals surface area (Å²) in [6.45, 7) is 2.23. The van der Waals surface area contributed by atoms with E-state index in [1.165, 1.54) is 24.3 Å². The fraction of sp³-hybridized carbons (Fsp3) is 0.176. The molecule has 2 aromatic carbocycles. The summed E-state index contributed by atoms with van der Waals surface area (Å²) < 4.78 is 32.0. The number of nitrogens with two attached hydrogens (primary N) is 1. The normalized spacial score (nSPS) is 9.90. The lowest BCUT2D eigenvalue weighted by atomic mass is 10.1. The van der Waals surface area contributed by atoms with Crippen molar-refractivity contribution in [1.82, 2.24) is 0 Å². The van der Waals surface area contributed by atoms with E-state index in [4.69, 9.17) is 10.5 Å². The minimum Gasteiger partial charge on any atom is -0.487 e. The molecule has 2 nitrogen and oxygen atoms in total. The van der Waals surface area contributed by atoms with Gasteiger partial charge in [0.2, 0.25) is 0 Å². The lowest BCUT2D eigenvalue weighted by Gasteiger charge is -2.10. The number of halogens is 2. The highest BCUT2D eigenvalue weighted by atomic mass is 19.1. The van der Waals surface area contributed by atoms with Crippen molar-refractivity contribution < 1.29 is 13.5 Å². The Hall–Kier alpha value is -2.38. The summed E-state index contributed by atoms with van der Waals surface area (Å²) in [5, 5.41) is 0. The lowest BCUT2D eigenvalue weighted by molar-refractivity contribution is 0.303. The average Bonchev–Trinajstić information content (AvgIpc) is 2.45. The summed E-state index contributed by atoms with van der Waals surface area (Å²) in [4.78, 5) is 0. The van der Waals surface area contributed by atoms with Crippen LogP contribution in [0.15, 0.2) is 36.4 Å². The minimum atomic E-state index is -0.404. The van der Waals surface area contributed by atoms with Gasteiger partial charge in [-0.2, -0.15) is 0 Å². The van der Waals surface area contributed by atoms with E-state index in [0.29, 0.717) is 11.3 Å². The van der Waals surface area contributed by atoms with Gasteiger partial charge < -0.3 is 10.5 Å². The van der Waals surface area contributed by atoms with Crippen LogP contribution in [0.1, 0.15) is 16.7 Å². The third-order valence-corrected chi connectivity index (χ3v) is 2.96. The third-order valence-electron chi connectivity index (χ3n) is 2.96. The molecule has 0 aliphatic heterocycles. The van der Waals surface area contributed by atoms with Crippen molar-refractivity contribution in [2.75, 3.05) is 6.54 Å². The van der Waals surface area contributed by atoms with Gasteiger partial charge >= 0.3 is 0 Å². The zero-order valence-corrected chi connectivity index (χ0v) is 11.6. The number of hydrogen-bond acceptors (Lipinski definition) is 2. The van der Waals surface area contributed by atoms with Gasteiger partial charge in [0.15, 0.2) is 0 Å². The summed E-state index contributed by atoms with van der Waals surface area (Å²) in [6, 6.07) is 8.59. The Morgan fingerprint density at radius 3 is 2.52 bits per heavy atom. The molecule has 0 saturated carbocycles. The molecule has 0 aromatic heterocycles. The molecule has 2 rings (SSSR count). The largest absolute Gasteiger partial charge is 0.487 e. The zero-order valence-electron chi connectivity index (χ0n) is 11.6. The average molecular weight is 287 g/mol. The molecule has 0 radical (unpaired) electrons. The van der Waals surface area contributed by atoms with Crippen LogP contribution >= 0.6 is 0 Å². The Kier molecular flexibility index (Phi) is 4.91. The van der Waals surface area contributed by atoms with Gasteiger partial charge in [-0.1, -0.05) is 17.9 Å². The molecule has 21 heavy (non-hydrogen) atoms. The molecule has 2 N–H and O–H groups in total. The molecule has 0 spiro atoms. The maximum atomic E-state index is 13.3. The first-order valence-corrected chi connectivity index (χ1v) is 6.46. The summed E-state index contributed by atoms with van der Waals surface area (Å²) >= 11 is 0. The molecule has 0 atom stereocenters. The van der Waals surface area contributed by atoms with E-state index < -0.39 is 5.82 Å². The molecule has 0 unspecified atom stereocenters. The maximum absolute atomic E-state index is 13.3. The van der Waals surface area contributed by atoms with Gasteiger partial charge in [0.1, 0.15) is 24.0 Å². The first-order valence-electron chi connectivity index (χ1n) is 6.46. The van der Waals surface area contributed by atoms with Crippen molar-refractivity contribution in [1.29, 1.82) is 0 Å². The Balaban J connectivity index is 2.20. The van der Waals surface area contributed by atoms with Crippen LogP contribution < -0.4 is 10.5 Å². The monoisotopic (exact) mass is 287 g/mol. The molecule has 108 valence electrons. The fourth-order valence-electron chi connectivity index (χ4n) is 1.84. The van der Waals surface area contributed by atoms with Crippen LogP contribution in [0.2, 0.25) is 0 Å². The molecule has 0 saturated heterocycles. The number of aryl methyl sites for hydroxylation is 1. The maximum Gasteiger partial charge on any atom is 0.138 e. The van der Waals surface area contributed by atoms with Gasteiger partial charge in [0.25, 0.3) is 0 Å². The van der Waals surface area contributed by atoms with Crippen LogP contribution in [0.25, 0.3) is 0 Å². The number of hydrogen-bond donors (Lipinski definition) is 1. The highest BCUT2D eigenvalue weighted by Gasteiger charge is 2.06. The Morgan fingerprint density at radius 2 is 1.81 bits per heavy atom. The zero-order chi connectivity index (χ0) is 15.2. The van der Waals surface area contributed by atoms with Gasteiger partial charge in [-0.15, -0.1) is 0 Å². The molecular weight excluding hydrogens is 272 g/mol. The van der Waals surface area contributed by atoms with Crippen LogP contribution in [0.5, 0.6) is 5.75 Å². The topological polar surface area (TPSA) is 35.2 Å². The van der Waals surface area contributed by atoms with Crippen molar-refractivity contribution in [3.05, 3.63) is 64.7 Å². The van der Waals surface area contributed by atoms with E-state index in [9.17, 15) is 8.78 Å². The van der Waals surface area contributed by atoms with Gasteiger partial charge in [0, 0.05) is 6.07 Å². The summed E-state index contributed by atoms with van der Waals surface area (Å²) in [5.41, 5.74) is 7.51. The van der Waals surface area contributed by atoms with Crippen molar-refractivity contribution in [3.8, 4) is 17.6 Å². The van der Waals surface area contributed by atoms with Crippen LogP contribution in [-0.4, -0.2) is 6.54 Å². The van der Waals surface area contributed by atoms with Gasteiger partial charge in [-0.3, -0.25) is 0 Å². The predicted octanol–water partition coefficient (Wildman–Crippen LogP) is 3.16. The minimum absolute atomic E-state index is 0.215. The Bertz CT molecular complexity index is 702. The van der Waals surface area contributed by atoms with E-state index in [2.05, 4.69) is 11.8 Å². The standard InChI is InChI=1S/C17H15F2NO/c1-12-9-15(18)7-5-14(12)11-21-17-10-16(19)6-4-13(17)3-2-8-20/h4-7,9-10H,8,11,20H2,1H3. The second kappa shape index (κ2) is 6.87. The van der Waals surface area contributed by atoms with Crippen LogP contribution in [0, 0.1) is 30.4 Å². The highest BCUT2D eigenvalue weighted by molar-refractivity contribution is 5.46. The molecule has 0 aliphatic carbocycles. The number of benzene rings is 2. The predicted molar refractivity (Wildman–Crippen MR) is 77.8 cm³/mol. The van der Waals surface area contributed by atoms with E-state index in [1.807, 2.05) is 0 Å². The van der Waals surface area contributed by atoms with Crippen LogP contribution in [0.4, 0.5) is 8.78 Å². The fourth-order valence-corrected chi connectivity index (χ4v) is 1.84. The van der Waals surface area contributed by atoms with Crippen molar-refractivity contribution >= 4 is 0 Å². The number of rotatable bonds is 3. The first kappa shape index (κ1) is 15.0. The summed E-state index contributed by atoms with van der Waals surface area (Å²) in [7, 11) is 0. The highest BCUT2D eigenvalue weighted by Crippen LogP contribution is 2.21. The second-order valence-electron chi connectivity index (χ2n) is 4.51. The number of ether oxygens (including phenoxy) is 1. The van der Waals surface area contributed by atoms with E-state index in [0.717, 1.165) is 11.1 Å². The van der Waals surface area contributed by atoms with Crippen molar-refractivity contribution in [3.63, 3.8) is 0 Å². The molecule has 0 amide bonds. The molecule has 0 fully saturated rings. The lowest BCUT2D eigenvalue weighted by Crippen LogP contribution is -2.00. The molecule has 4 heteroatoms. The molecule has 0 bridgehead atoms. The van der Waals surface area contributed by atoms with Crippen LogP contribution in [-0.2, 0) is 6.61 Å². The van der Waals surface area contributed by atoms with Crippen LogP contribution in [0.3, 0.4) is 0 Å². The summed E-state index contributed by atoms with van der Waals surface area (Å²) in [5.74, 6) is 5.19. The van der Waals surface area contributed by atoms with Gasteiger partial charge in [-0.25, -0.2) is 8.78 Å². The first-order chi connectivity index (χ1) is 10.1. The van der Waals surface area contributed by atoms with E-state index in [-0.39, 0.29) is 19.0 Å². The molecular formula is C17H15F2NO. The summed E-state index contributed by atoms with van der Waals surface area (Å²) in [6.07, 6.45) is 0. The van der Waals surface area contributed by atoms with E-state index >= 15 is 0 Å². The van der Waals surface area contributed by atoms with Gasteiger partial charge in [-0.05, 0) is 42.3 Å². The molecule has 0 aliphatic rings. The molecule has 0 heterocycles. The Labute approximate surface area is 122 Å². The van der Waals surface area contributed by atoms with E-state index in [1.54, 1.807) is 19.1 Å². The third kappa shape index (κ3) is 4.04. The van der Waals surface area contributed by atoms with Gasteiger partial charge in [0.05, 0.1) is 12.1 Å². The Morgan fingerprint density at radius 1 is 1.10 bits per heavy atom. The second-order valence-corrected chi connectivity index (χ2v) is 4.51. The van der Waals surface area contributed by atoms with Crippen molar-refractivity contribution in [2.24, 2.45) is 5.73 Å². The molecule has 2 aromatic rings. The SMILES string of the molecule is Cc1cc(F)ccc1COc1cc(F)ccc1C#CCN. The van der Waals surface area contributed by atoms with Crippen molar-refractivity contribution in [2.45, 2.75) is 13.5 Å². The smallest absolute Gasteiger partial charge is 0.138 e.